The highest BCUT2D eigenvalue weighted by Crippen LogP contribution is 2.34. The van der Waals surface area contributed by atoms with Crippen LogP contribution >= 0.6 is 0 Å². The molecule has 0 spiro atoms. The van der Waals surface area contributed by atoms with Crippen molar-refractivity contribution in [2.75, 3.05) is 23.8 Å². The molecule has 0 aromatic heterocycles. The highest BCUT2D eigenvalue weighted by molar-refractivity contribution is 6.17. The SMILES string of the molecule is CC(CCN)C(=O)N1C(=O)COc2ccc(N)cc21. The van der Waals surface area contributed by atoms with Crippen LogP contribution in [0.4, 0.5) is 11.4 Å². The number of rotatable bonds is 3. The Morgan fingerprint density at radius 2 is 2.26 bits per heavy atom. The van der Waals surface area contributed by atoms with Gasteiger partial charge >= 0.3 is 0 Å². The van der Waals surface area contributed by atoms with Crippen molar-refractivity contribution in [1.82, 2.24) is 0 Å². The van der Waals surface area contributed by atoms with Crippen LogP contribution < -0.4 is 21.1 Å². The maximum atomic E-state index is 12.3. The van der Waals surface area contributed by atoms with Crippen molar-refractivity contribution in [1.29, 1.82) is 0 Å². The van der Waals surface area contributed by atoms with Crippen LogP contribution in [-0.4, -0.2) is 25.0 Å². The minimum absolute atomic E-state index is 0.141. The molecule has 0 saturated carbocycles. The molecule has 2 rings (SSSR count). The van der Waals surface area contributed by atoms with Crippen LogP contribution in [0.1, 0.15) is 13.3 Å². The Labute approximate surface area is 111 Å². The summed E-state index contributed by atoms with van der Waals surface area (Å²) in [5, 5.41) is 0. The molecule has 0 fully saturated rings. The van der Waals surface area contributed by atoms with E-state index in [0.29, 0.717) is 30.1 Å². The number of anilines is 2. The van der Waals surface area contributed by atoms with Crippen LogP contribution in [-0.2, 0) is 9.59 Å². The van der Waals surface area contributed by atoms with Gasteiger partial charge in [0.25, 0.3) is 5.91 Å². The fourth-order valence-electron chi connectivity index (χ4n) is 2.01. The van der Waals surface area contributed by atoms with E-state index in [9.17, 15) is 9.59 Å². The average molecular weight is 263 g/mol. The van der Waals surface area contributed by atoms with Crippen LogP contribution in [0.3, 0.4) is 0 Å². The molecule has 1 atom stereocenters. The predicted molar refractivity (Wildman–Crippen MR) is 71.7 cm³/mol. The van der Waals surface area contributed by atoms with Gasteiger partial charge in [-0.3, -0.25) is 9.59 Å². The number of carbonyl (C=O) groups excluding carboxylic acids is 2. The van der Waals surface area contributed by atoms with Gasteiger partial charge in [0.05, 0.1) is 5.69 Å². The molecule has 2 amide bonds. The molecule has 1 aromatic carbocycles. The van der Waals surface area contributed by atoms with E-state index in [1.807, 2.05) is 0 Å². The summed E-state index contributed by atoms with van der Waals surface area (Å²) in [5.41, 5.74) is 12.0. The van der Waals surface area contributed by atoms with E-state index in [4.69, 9.17) is 16.2 Å². The zero-order chi connectivity index (χ0) is 14.0. The van der Waals surface area contributed by atoms with Gasteiger partial charge in [0.1, 0.15) is 5.75 Å². The van der Waals surface area contributed by atoms with Crippen LogP contribution in [0.2, 0.25) is 0 Å². The molecule has 1 unspecified atom stereocenters. The normalized spacial score (nSPS) is 15.7. The molecule has 1 aliphatic rings. The summed E-state index contributed by atoms with van der Waals surface area (Å²) in [6.45, 7) is 2.01. The molecule has 102 valence electrons. The second-order valence-electron chi connectivity index (χ2n) is 4.56. The molecule has 1 aromatic rings. The molecule has 1 heterocycles. The van der Waals surface area contributed by atoms with Gasteiger partial charge in [0, 0.05) is 11.6 Å². The minimum atomic E-state index is -0.382. The summed E-state index contributed by atoms with van der Waals surface area (Å²) in [6, 6.07) is 4.89. The number of nitrogens with two attached hydrogens (primary N) is 2. The van der Waals surface area contributed by atoms with Crippen molar-refractivity contribution in [2.45, 2.75) is 13.3 Å². The van der Waals surface area contributed by atoms with Crippen LogP contribution in [0.15, 0.2) is 18.2 Å². The molecule has 6 heteroatoms. The monoisotopic (exact) mass is 263 g/mol. The molecule has 6 nitrogen and oxygen atoms in total. The second kappa shape index (κ2) is 5.27. The minimum Gasteiger partial charge on any atom is -0.482 e. The Hall–Kier alpha value is -2.08. The number of fused-ring (bicyclic) bond motifs is 1. The zero-order valence-electron chi connectivity index (χ0n) is 10.8. The molecule has 0 bridgehead atoms. The van der Waals surface area contributed by atoms with Crippen molar-refractivity contribution >= 4 is 23.2 Å². The van der Waals surface area contributed by atoms with Gasteiger partial charge in [-0.25, -0.2) is 4.90 Å². The molecular weight excluding hydrogens is 246 g/mol. The number of imide groups is 1. The van der Waals surface area contributed by atoms with Gasteiger partial charge in [-0.2, -0.15) is 0 Å². The number of ether oxygens (including phenoxy) is 1. The summed E-state index contributed by atoms with van der Waals surface area (Å²) in [6.07, 6.45) is 0.529. The summed E-state index contributed by atoms with van der Waals surface area (Å²) in [5.74, 6) is -0.485. The Morgan fingerprint density at radius 1 is 1.53 bits per heavy atom. The van der Waals surface area contributed by atoms with E-state index in [1.165, 1.54) is 0 Å². The molecule has 0 saturated heterocycles. The maximum absolute atomic E-state index is 12.3. The summed E-state index contributed by atoms with van der Waals surface area (Å²) >= 11 is 0. The largest absolute Gasteiger partial charge is 0.482 e. The third-order valence-electron chi connectivity index (χ3n) is 3.07. The molecule has 1 aliphatic heterocycles. The van der Waals surface area contributed by atoms with Crippen LogP contribution in [0.5, 0.6) is 5.75 Å². The Kier molecular flexibility index (Phi) is 3.71. The number of hydrogen-bond acceptors (Lipinski definition) is 5. The molecule has 0 radical (unpaired) electrons. The van der Waals surface area contributed by atoms with E-state index in [0.717, 1.165) is 4.90 Å². The second-order valence-corrected chi connectivity index (χ2v) is 4.56. The lowest BCUT2D eigenvalue weighted by Crippen LogP contribution is -2.45. The van der Waals surface area contributed by atoms with Crippen molar-refractivity contribution in [3.05, 3.63) is 18.2 Å². The first-order valence-corrected chi connectivity index (χ1v) is 6.13. The highest BCUT2D eigenvalue weighted by atomic mass is 16.5. The van der Waals surface area contributed by atoms with E-state index < -0.39 is 0 Å². The smallest absolute Gasteiger partial charge is 0.271 e. The third-order valence-corrected chi connectivity index (χ3v) is 3.07. The van der Waals surface area contributed by atoms with Gasteiger partial charge in [-0.1, -0.05) is 6.92 Å². The fraction of sp³-hybridized carbons (Fsp3) is 0.385. The lowest BCUT2D eigenvalue weighted by molar-refractivity contribution is -0.130. The first-order valence-electron chi connectivity index (χ1n) is 6.13. The van der Waals surface area contributed by atoms with Gasteiger partial charge in [0.2, 0.25) is 5.91 Å². The molecular formula is C13H17N3O3. The topological polar surface area (TPSA) is 98.7 Å². The Morgan fingerprint density at radius 3 is 2.95 bits per heavy atom. The number of hydrogen-bond donors (Lipinski definition) is 2. The van der Waals surface area contributed by atoms with Crippen molar-refractivity contribution in [2.24, 2.45) is 11.7 Å². The summed E-state index contributed by atoms with van der Waals surface area (Å²) in [4.78, 5) is 25.4. The number of amides is 2. The number of benzene rings is 1. The van der Waals surface area contributed by atoms with Crippen molar-refractivity contribution in [3.8, 4) is 5.75 Å². The van der Waals surface area contributed by atoms with Gasteiger partial charge < -0.3 is 16.2 Å². The number of nitrogen functional groups attached to an aromatic ring is 1. The van der Waals surface area contributed by atoms with Gasteiger partial charge in [0.15, 0.2) is 6.61 Å². The quantitative estimate of drug-likeness (QED) is 0.774. The fourth-order valence-corrected chi connectivity index (χ4v) is 2.01. The predicted octanol–water partition coefficient (Wildman–Crippen LogP) is 0.506. The lowest BCUT2D eigenvalue weighted by atomic mass is 10.1. The van der Waals surface area contributed by atoms with Crippen LogP contribution in [0, 0.1) is 5.92 Å². The molecule has 19 heavy (non-hydrogen) atoms. The summed E-state index contributed by atoms with van der Waals surface area (Å²) < 4.78 is 5.29. The van der Waals surface area contributed by atoms with Crippen LogP contribution in [0.25, 0.3) is 0 Å². The third kappa shape index (κ3) is 2.53. The average Bonchev–Trinajstić information content (AvgIpc) is 2.38. The Bertz CT molecular complexity index is 516. The first-order chi connectivity index (χ1) is 9.04. The molecule has 0 aliphatic carbocycles. The standard InChI is InChI=1S/C13H17N3O3/c1-8(4-5-14)13(18)16-10-6-9(15)2-3-11(10)19-7-12(16)17/h2-3,6,8H,4-5,7,14-15H2,1H3. The lowest BCUT2D eigenvalue weighted by Gasteiger charge is -2.29. The number of nitrogens with zero attached hydrogens (tertiary/aromatic N) is 1. The van der Waals surface area contributed by atoms with E-state index >= 15 is 0 Å². The van der Waals surface area contributed by atoms with Gasteiger partial charge in [-0.05, 0) is 31.2 Å². The van der Waals surface area contributed by atoms with E-state index in [1.54, 1.807) is 25.1 Å². The van der Waals surface area contributed by atoms with E-state index in [-0.39, 0.29) is 24.3 Å². The van der Waals surface area contributed by atoms with Crippen molar-refractivity contribution in [3.63, 3.8) is 0 Å². The highest BCUT2D eigenvalue weighted by Gasteiger charge is 2.33. The maximum Gasteiger partial charge on any atom is 0.271 e. The molecule has 4 N–H and O–H groups in total. The summed E-state index contributed by atoms with van der Waals surface area (Å²) in [7, 11) is 0. The van der Waals surface area contributed by atoms with E-state index in [2.05, 4.69) is 0 Å². The number of carbonyl (C=O) groups is 2. The zero-order valence-corrected chi connectivity index (χ0v) is 10.8. The first kappa shape index (κ1) is 13.4. The Balaban J connectivity index is 2.37. The van der Waals surface area contributed by atoms with Gasteiger partial charge in [-0.15, -0.1) is 0 Å². The van der Waals surface area contributed by atoms with Crippen molar-refractivity contribution < 1.29 is 14.3 Å².